The van der Waals surface area contributed by atoms with Crippen molar-refractivity contribution in [3.8, 4) is 0 Å². The highest BCUT2D eigenvalue weighted by molar-refractivity contribution is 9.12. The van der Waals surface area contributed by atoms with Crippen molar-refractivity contribution in [2.45, 2.75) is 50.5 Å². The van der Waals surface area contributed by atoms with Gasteiger partial charge in [0, 0.05) is 39.2 Å². The van der Waals surface area contributed by atoms with E-state index in [9.17, 15) is 9.59 Å². The SMILES string of the molecule is O=C(O)Cc1ccc(CC(=O)N2CCC(C3c4c(Br)cc(Cl)cc4CCC4=CC(Br)=CNC43)CC2)cc1. The summed E-state index contributed by atoms with van der Waals surface area (Å²) in [5, 5.41) is 13.4. The second-order valence-corrected chi connectivity index (χ2v) is 12.4. The van der Waals surface area contributed by atoms with Crippen LogP contribution in [0.3, 0.4) is 0 Å². The molecule has 2 aliphatic heterocycles. The number of rotatable bonds is 5. The average molecular weight is 649 g/mol. The Morgan fingerprint density at radius 3 is 2.38 bits per heavy atom. The van der Waals surface area contributed by atoms with E-state index in [-0.39, 0.29) is 24.3 Å². The van der Waals surface area contributed by atoms with Crippen LogP contribution >= 0.6 is 43.5 Å². The van der Waals surface area contributed by atoms with Crippen molar-refractivity contribution in [3.05, 3.63) is 90.5 Å². The summed E-state index contributed by atoms with van der Waals surface area (Å²) in [6.45, 7) is 1.48. The van der Waals surface area contributed by atoms with E-state index in [4.69, 9.17) is 16.7 Å². The van der Waals surface area contributed by atoms with Gasteiger partial charge in [0.1, 0.15) is 0 Å². The molecule has 1 saturated heterocycles. The molecule has 0 spiro atoms. The average Bonchev–Trinajstić information content (AvgIpc) is 3.02. The Labute approximate surface area is 239 Å². The fraction of sp³-hybridized carbons (Fsp3) is 0.379. The summed E-state index contributed by atoms with van der Waals surface area (Å²) in [5.74, 6) is -0.0131. The van der Waals surface area contributed by atoms with Crippen molar-refractivity contribution in [1.82, 2.24) is 10.2 Å². The van der Waals surface area contributed by atoms with Crippen molar-refractivity contribution in [3.63, 3.8) is 0 Å². The molecular weight excluding hydrogens is 620 g/mol. The topological polar surface area (TPSA) is 69.6 Å². The minimum Gasteiger partial charge on any atom is -0.481 e. The van der Waals surface area contributed by atoms with Gasteiger partial charge in [0.15, 0.2) is 0 Å². The first-order valence-electron chi connectivity index (χ1n) is 12.7. The largest absolute Gasteiger partial charge is 0.481 e. The number of benzene rings is 2. The van der Waals surface area contributed by atoms with E-state index in [0.717, 1.165) is 63.9 Å². The summed E-state index contributed by atoms with van der Waals surface area (Å²) in [6, 6.07) is 11.7. The van der Waals surface area contributed by atoms with Crippen LogP contribution in [0, 0.1) is 5.92 Å². The second kappa shape index (κ2) is 11.3. The summed E-state index contributed by atoms with van der Waals surface area (Å²) < 4.78 is 2.14. The highest BCUT2D eigenvalue weighted by Gasteiger charge is 2.40. The quantitative estimate of drug-likeness (QED) is 0.395. The molecule has 0 saturated carbocycles. The molecule has 37 heavy (non-hydrogen) atoms. The molecular formula is C29H29Br2ClN2O3. The number of halogens is 3. The van der Waals surface area contributed by atoms with Crippen LogP contribution in [0.15, 0.2) is 63.2 Å². The molecule has 5 nitrogen and oxygen atoms in total. The maximum Gasteiger partial charge on any atom is 0.307 e. The fourth-order valence-corrected chi connectivity index (χ4v) is 7.63. The molecule has 1 fully saturated rings. The zero-order chi connectivity index (χ0) is 26.1. The van der Waals surface area contributed by atoms with Crippen LogP contribution in [0.4, 0.5) is 0 Å². The van der Waals surface area contributed by atoms with Crippen molar-refractivity contribution in [2.24, 2.45) is 5.92 Å². The number of carboxylic acids is 1. The summed E-state index contributed by atoms with van der Waals surface area (Å²) in [6.07, 6.45) is 8.47. The van der Waals surface area contributed by atoms with Gasteiger partial charge in [-0.1, -0.05) is 51.8 Å². The molecule has 2 aromatic rings. The number of carboxylic acid groups (broad SMARTS) is 1. The van der Waals surface area contributed by atoms with Crippen molar-refractivity contribution in [1.29, 1.82) is 0 Å². The number of hydrogen-bond donors (Lipinski definition) is 2. The van der Waals surface area contributed by atoms with Crippen LogP contribution in [-0.4, -0.2) is 41.0 Å². The predicted octanol–water partition coefficient (Wildman–Crippen LogP) is 6.38. The lowest BCUT2D eigenvalue weighted by atomic mass is 9.73. The number of carbonyl (C=O) groups excluding carboxylic acids is 1. The molecule has 2 heterocycles. The lowest BCUT2D eigenvalue weighted by molar-refractivity contribution is -0.136. The van der Waals surface area contributed by atoms with E-state index in [1.165, 1.54) is 16.7 Å². The third-order valence-corrected chi connectivity index (χ3v) is 9.14. The van der Waals surface area contributed by atoms with Gasteiger partial charge in [0.05, 0.1) is 18.9 Å². The number of aryl methyl sites for hydroxylation is 1. The molecule has 3 aliphatic rings. The van der Waals surface area contributed by atoms with Gasteiger partial charge in [0.25, 0.3) is 0 Å². The molecule has 2 N–H and O–H groups in total. The van der Waals surface area contributed by atoms with E-state index in [1.807, 2.05) is 23.1 Å². The third kappa shape index (κ3) is 5.99. The summed E-state index contributed by atoms with van der Waals surface area (Å²) in [4.78, 5) is 26.0. The normalized spacial score (nSPS) is 21.6. The number of likely N-dealkylation sites (tertiary alicyclic amines) is 1. The van der Waals surface area contributed by atoms with Crippen LogP contribution < -0.4 is 5.32 Å². The first-order valence-corrected chi connectivity index (χ1v) is 14.6. The lowest BCUT2D eigenvalue weighted by Crippen LogP contribution is -2.44. The zero-order valence-corrected chi connectivity index (χ0v) is 24.3. The van der Waals surface area contributed by atoms with Gasteiger partial charge >= 0.3 is 5.97 Å². The summed E-state index contributed by atoms with van der Waals surface area (Å²) in [5.41, 5.74) is 5.72. The van der Waals surface area contributed by atoms with Gasteiger partial charge < -0.3 is 15.3 Å². The van der Waals surface area contributed by atoms with Crippen LogP contribution in [0.5, 0.6) is 0 Å². The van der Waals surface area contributed by atoms with Gasteiger partial charge in [-0.25, -0.2) is 0 Å². The second-order valence-electron chi connectivity index (χ2n) is 10.2. The molecule has 0 aromatic heterocycles. The van der Waals surface area contributed by atoms with Gasteiger partial charge in [-0.05, 0) is 93.6 Å². The van der Waals surface area contributed by atoms with Gasteiger partial charge in [-0.3, -0.25) is 9.59 Å². The number of fused-ring (bicyclic) bond motifs is 2. The van der Waals surface area contributed by atoms with E-state index >= 15 is 0 Å². The molecule has 2 atom stereocenters. The number of allylic oxidation sites excluding steroid dienone is 2. The van der Waals surface area contributed by atoms with E-state index < -0.39 is 5.97 Å². The molecule has 0 radical (unpaired) electrons. The molecule has 2 unspecified atom stereocenters. The number of nitrogens with one attached hydrogen (secondary N) is 1. The number of amides is 1. The maximum absolute atomic E-state index is 13.1. The summed E-state index contributed by atoms with van der Waals surface area (Å²) in [7, 11) is 0. The third-order valence-electron chi connectivity index (χ3n) is 7.81. The highest BCUT2D eigenvalue weighted by atomic mass is 79.9. The zero-order valence-electron chi connectivity index (χ0n) is 20.4. The summed E-state index contributed by atoms with van der Waals surface area (Å²) >= 11 is 13.9. The van der Waals surface area contributed by atoms with Crippen LogP contribution in [0.1, 0.15) is 47.4 Å². The minimum absolute atomic E-state index is 0.00610. The lowest BCUT2D eigenvalue weighted by Gasteiger charge is -2.41. The number of nitrogens with zero attached hydrogens (tertiary/aromatic N) is 1. The highest BCUT2D eigenvalue weighted by Crippen LogP contribution is 2.47. The Bertz CT molecular complexity index is 1270. The van der Waals surface area contributed by atoms with E-state index in [1.54, 1.807) is 12.1 Å². The Balaban J connectivity index is 1.31. The smallest absolute Gasteiger partial charge is 0.307 e. The van der Waals surface area contributed by atoms with Crippen LogP contribution in [0.25, 0.3) is 0 Å². The first kappa shape index (κ1) is 26.5. The molecule has 194 valence electrons. The number of piperidine rings is 1. The number of hydrogen-bond acceptors (Lipinski definition) is 3. The van der Waals surface area contributed by atoms with Crippen molar-refractivity contribution < 1.29 is 14.7 Å². The van der Waals surface area contributed by atoms with Crippen molar-refractivity contribution in [2.75, 3.05) is 13.1 Å². The van der Waals surface area contributed by atoms with Crippen molar-refractivity contribution >= 4 is 55.3 Å². The molecule has 1 aliphatic carbocycles. The Kier molecular flexibility index (Phi) is 8.13. The Morgan fingerprint density at radius 2 is 1.70 bits per heavy atom. The Hall–Kier alpha value is -2.09. The van der Waals surface area contributed by atoms with Crippen LogP contribution in [-0.2, 0) is 28.9 Å². The van der Waals surface area contributed by atoms with Gasteiger partial charge in [-0.2, -0.15) is 0 Å². The number of aliphatic carboxylic acids is 1. The Morgan fingerprint density at radius 1 is 1.03 bits per heavy atom. The molecule has 1 amide bonds. The van der Waals surface area contributed by atoms with E-state index in [0.29, 0.717) is 12.3 Å². The maximum atomic E-state index is 13.1. The van der Waals surface area contributed by atoms with Crippen LogP contribution in [0.2, 0.25) is 5.02 Å². The number of carbonyl (C=O) groups is 2. The molecule has 0 bridgehead atoms. The van der Waals surface area contributed by atoms with Gasteiger partial charge in [0.2, 0.25) is 5.91 Å². The molecule has 2 aromatic carbocycles. The monoisotopic (exact) mass is 646 g/mol. The molecule has 8 heteroatoms. The standard InChI is InChI=1S/C29H29Br2ClN2O3/c30-22-13-21-6-5-20-14-23(32)15-24(31)27(20)28(29(21)33-16-22)19-7-9-34(10-8-19)25(35)11-17-1-3-18(4-2-17)12-26(36)37/h1-4,13-16,19,28-29,33H,5-12H2,(H,36,37). The van der Waals surface area contributed by atoms with E-state index in [2.05, 4.69) is 55.5 Å². The predicted molar refractivity (Wildman–Crippen MR) is 153 cm³/mol. The molecule has 5 rings (SSSR count). The fourth-order valence-electron chi connectivity index (χ4n) is 6.06. The minimum atomic E-state index is -0.854. The first-order chi connectivity index (χ1) is 17.8. The number of dihydropyridines is 1. The van der Waals surface area contributed by atoms with Gasteiger partial charge in [-0.15, -0.1) is 0 Å².